The molecule has 0 heterocycles. The molecule has 2 heteroatoms. The highest BCUT2D eigenvalue weighted by molar-refractivity contribution is 4.96. The zero-order valence-electron chi connectivity index (χ0n) is 9.78. The fourth-order valence-electron chi connectivity index (χ4n) is 2.40. The summed E-state index contributed by atoms with van der Waals surface area (Å²) in [6.45, 7) is 6.07. The van der Waals surface area contributed by atoms with Crippen LogP contribution >= 0.6 is 0 Å². The molecule has 14 heavy (non-hydrogen) atoms. The maximum atomic E-state index is 14.7. The number of alkyl halides is 1. The van der Waals surface area contributed by atoms with Crippen molar-refractivity contribution in [2.45, 2.75) is 58.5 Å². The molecule has 1 aliphatic carbocycles. The van der Waals surface area contributed by atoms with Crippen LogP contribution in [-0.4, -0.2) is 12.2 Å². The van der Waals surface area contributed by atoms with Gasteiger partial charge in [-0.05, 0) is 25.7 Å². The second kappa shape index (κ2) is 4.18. The van der Waals surface area contributed by atoms with Gasteiger partial charge >= 0.3 is 0 Å². The topological polar surface area (TPSA) is 26.0 Å². The monoisotopic (exact) mass is 201 g/mol. The second-order valence-corrected chi connectivity index (χ2v) is 5.50. The highest BCUT2D eigenvalue weighted by Crippen LogP contribution is 2.45. The van der Waals surface area contributed by atoms with E-state index in [0.29, 0.717) is 6.54 Å². The summed E-state index contributed by atoms with van der Waals surface area (Å²) >= 11 is 0. The van der Waals surface area contributed by atoms with E-state index < -0.39 is 11.1 Å². The molecule has 1 aliphatic rings. The van der Waals surface area contributed by atoms with Gasteiger partial charge in [0.2, 0.25) is 0 Å². The molecule has 0 saturated heterocycles. The Hall–Kier alpha value is -0.110. The molecule has 0 bridgehead atoms. The molecule has 1 saturated carbocycles. The normalized spacial score (nSPS) is 24.6. The lowest BCUT2D eigenvalue weighted by atomic mass is 9.66. The van der Waals surface area contributed by atoms with Gasteiger partial charge in [-0.1, -0.05) is 33.1 Å². The van der Waals surface area contributed by atoms with E-state index >= 15 is 0 Å². The molecule has 2 N–H and O–H groups in total. The number of rotatable bonds is 3. The predicted octanol–water partition coefficient (Wildman–Crippen LogP) is 3.28. The molecule has 0 radical (unpaired) electrons. The van der Waals surface area contributed by atoms with Gasteiger partial charge in [0.25, 0.3) is 0 Å². The zero-order chi connectivity index (χ0) is 10.8. The van der Waals surface area contributed by atoms with Crippen LogP contribution in [0.3, 0.4) is 0 Å². The zero-order valence-corrected chi connectivity index (χ0v) is 9.78. The van der Waals surface area contributed by atoms with E-state index in [9.17, 15) is 4.39 Å². The van der Waals surface area contributed by atoms with Crippen LogP contribution in [-0.2, 0) is 0 Å². The van der Waals surface area contributed by atoms with Gasteiger partial charge in [-0.2, -0.15) is 0 Å². The van der Waals surface area contributed by atoms with Crippen LogP contribution in [0.2, 0.25) is 0 Å². The minimum atomic E-state index is -1.11. The van der Waals surface area contributed by atoms with Crippen molar-refractivity contribution in [3.8, 4) is 0 Å². The summed E-state index contributed by atoms with van der Waals surface area (Å²) < 4.78 is 14.7. The molecule has 0 spiro atoms. The third-order valence-corrected chi connectivity index (χ3v) is 4.21. The van der Waals surface area contributed by atoms with E-state index in [0.717, 1.165) is 12.8 Å². The van der Waals surface area contributed by atoms with E-state index in [2.05, 4.69) is 0 Å². The predicted molar refractivity (Wildman–Crippen MR) is 58.9 cm³/mol. The first kappa shape index (κ1) is 12.0. The molecule has 0 aromatic carbocycles. The quantitative estimate of drug-likeness (QED) is 0.745. The Bertz CT molecular complexity index is 181. The molecule has 0 aromatic heterocycles. The summed E-state index contributed by atoms with van der Waals surface area (Å²) in [5.74, 6) is 0.217. The molecule has 1 nitrogen and oxygen atoms in total. The van der Waals surface area contributed by atoms with Crippen LogP contribution in [0.5, 0.6) is 0 Å². The van der Waals surface area contributed by atoms with Crippen LogP contribution < -0.4 is 5.73 Å². The van der Waals surface area contributed by atoms with Gasteiger partial charge in [-0.3, -0.25) is 0 Å². The van der Waals surface area contributed by atoms with E-state index in [1.54, 1.807) is 6.92 Å². The van der Waals surface area contributed by atoms with Crippen molar-refractivity contribution in [3.05, 3.63) is 0 Å². The molecule has 0 aliphatic heterocycles. The Kier molecular flexibility index (Phi) is 3.57. The highest BCUT2D eigenvalue weighted by atomic mass is 19.1. The van der Waals surface area contributed by atoms with Gasteiger partial charge in [-0.25, -0.2) is 4.39 Å². The van der Waals surface area contributed by atoms with E-state index in [1.165, 1.54) is 19.3 Å². The van der Waals surface area contributed by atoms with Gasteiger partial charge in [0.1, 0.15) is 5.67 Å². The second-order valence-electron chi connectivity index (χ2n) is 5.50. The first-order valence-electron chi connectivity index (χ1n) is 5.81. The lowest BCUT2D eigenvalue weighted by molar-refractivity contribution is -0.0307. The van der Waals surface area contributed by atoms with Gasteiger partial charge in [0.15, 0.2) is 0 Å². The van der Waals surface area contributed by atoms with Gasteiger partial charge in [0.05, 0.1) is 0 Å². The van der Waals surface area contributed by atoms with Crippen LogP contribution in [0.4, 0.5) is 4.39 Å². The van der Waals surface area contributed by atoms with Crippen molar-refractivity contribution in [2.75, 3.05) is 6.54 Å². The Morgan fingerprint density at radius 2 is 1.64 bits per heavy atom. The van der Waals surface area contributed by atoms with Gasteiger partial charge < -0.3 is 5.73 Å². The van der Waals surface area contributed by atoms with Crippen molar-refractivity contribution in [1.82, 2.24) is 0 Å². The van der Waals surface area contributed by atoms with Crippen LogP contribution in [0.25, 0.3) is 0 Å². The van der Waals surface area contributed by atoms with E-state index in [1.807, 2.05) is 13.8 Å². The average molecular weight is 201 g/mol. The number of hydrogen-bond donors (Lipinski definition) is 1. The van der Waals surface area contributed by atoms with E-state index in [-0.39, 0.29) is 5.92 Å². The standard InChI is InChI=1S/C12H24FN/c1-11(2,9-14)12(3,13)10-7-5-4-6-8-10/h10H,4-9,14H2,1-3H3. The Labute approximate surface area is 87.3 Å². The fourth-order valence-corrected chi connectivity index (χ4v) is 2.40. The van der Waals surface area contributed by atoms with Gasteiger partial charge in [-0.15, -0.1) is 0 Å². The SMILES string of the molecule is CC(C)(CN)C(C)(F)C1CCCCC1. The number of halogens is 1. The average Bonchev–Trinajstić information content (AvgIpc) is 2.19. The molecule has 0 aromatic rings. The van der Waals surface area contributed by atoms with E-state index in [4.69, 9.17) is 5.73 Å². The molecule has 0 amide bonds. The number of hydrogen-bond acceptors (Lipinski definition) is 1. The lowest BCUT2D eigenvalue weighted by Gasteiger charge is -2.44. The van der Waals surface area contributed by atoms with Crippen LogP contribution in [0, 0.1) is 11.3 Å². The van der Waals surface area contributed by atoms with Crippen LogP contribution in [0.1, 0.15) is 52.9 Å². The van der Waals surface area contributed by atoms with Crippen molar-refractivity contribution in [3.63, 3.8) is 0 Å². The maximum absolute atomic E-state index is 14.7. The molecule has 84 valence electrons. The molecule has 1 fully saturated rings. The Morgan fingerprint density at radius 3 is 2.07 bits per heavy atom. The summed E-state index contributed by atoms with van der Waals surface area (Å²) in [4.78, 5) is 0. The first-order valence-corrected chi connectivity index (χ1v) is 5.81. The Morgan fingerprint density at radius 1 is 1.14 bits per heavy atom. The molecule has 1 atom stereocenters. The smallest absolute Gasteiger partial charge is 0.117 e. The maximum Gasteiger partial charge on any atom is 0.117 e. The molecular formula is C12H24FN. The Balaban J connectivity index is 2.71. The third kappa shape index (κ3) is 2.10. The van der Waals surface area contributed by atoms with Crippen molar-refractivity contribution in [2.24, 2.45) is 17.1 Å². The molecular weight excluding hydrogens is 177 g/mol. The summed E-state index contributed by atoms with van der Waals surface area (Å²) in [7, 11) is 0. The molecule has 1 rings (SSSR count). The highest BCUT2D eigenvalue weighted by Gasteiger charge is 2.46. The summed E-state index contributed by atoms with van der Waals surface area (Å²) in [6, 6.07) is 0. The lowest BCUT2D eigenvalue weighted by Crippen LogP contribution is -2.49. The minimum absolute atomic E-state index is 0.217. The van der Waals surface area contributed by atoms with Crippen LogP contribution in [0.15, 0.2) is 0 Å². The van der Waals surface area contributed by atoms with Crippen molar-refractivity contribution in [1.29, 1.82) is 0 Å². The number of nitrogens with two attached hydrogens (primary N) is 1. The summed E-state index contributed by atoms with van der Waals surface area (Å²) in [5.41, 5.74) is 4.16. The first-order chi connectivity index (χ1) is 6.42. The summed E-state index contributed by atoms with van der Waals surface area (Å²) in [6.07, 6.45) is 5.72. The third-order valence-electron chi connectivity index (χ3n) is 4.21. The minimum Gasteiger partial charge on any atom is -0.330 e. The fraction of sp³-hybridized carbons (Fsp3) is 1.00. The van der Waals surface area contributed by atoms with Crippen molar-refractivity contribution >= 4 is 0 Å². The summed E-state index contributed by atoms with van der Waals surface area (Å²) in [5, 5.41) is 0. The van der Waals surface area contributed by atoms with Gasteiger partial charge in [0, 0.05) is 12.0 Å². The van der Waals surface area contributed by atoms with Crippen molar-refractivity contribution < 1.29 is 4.39 Å². The largest absolute Gasteiger partial charge is 0.330 e. The molecule has 1 unspecified atom stereocenters.